The zero-order chi connectivity index (χ0) is 14.9. The van der Waals surface area contributed by atoms with Gasteiger partial charge in [-0.1, -0.05) is 17.7 Å². The summed E-state index contributed by atoms with van der Waals surface area (Å²) in [6.45, 7) is 3.39. The largest absolute Gasteiger partial charge is 0.493 e. The number of rotatable bonds is 5. The van der Waals surface area contributed by atoms with Crippen molar-refractivity contribution >= 4 is 17.6 Å². The fourth-order valence-corrected chi connectivity index (χ4v) is 2.77. The molecule has 0 radical (unpaired) electrons. The van der Waals surface area contributed by atoms with Crippen molar-refractivity contribution in [2.24, 2.45) is 5.41 Å². The monoisotopic (exact) mass is 299 g/mol. The fraction of sp³-hybridized carbons (Fsp3) is 0.500. The Morgan fingerprint density at radius 1 is 1.40 bits per heavy atom. The van der Waals surface area contributed by atoms with E-state index >= 15 is 0 Å². The Hall–Kier alpha value is -1.46. The van der Waals surface area contributed by atoms with Crippen molar-refractivity contribution in [2.45, 2.75) is 13.5 Å². The molecular weight excluding hydrogens is 282 g/mol. The smallest absolute Gasteiger partial charge is 0.311 e. The number of carbonyl (C=O) groups is 1. The molecule has 1 aromatic rings. The molecule has 0 aliphatic carbocycles. The van der Waals surface area contributed by atoms with Gasteiger partial charge in [0.2, 0.25) is 0 Å². The summed E-state index contributed by atoms with van der Waals surface area (Å²) < 4.78 is 10.4. The number of hydrogen-bond donors (Lipinski definition) is 1. The van der Waals surface area contributed by atoms with Gasteiger partial charge in [0, 0.05) is 19.6 Å². The molecule has 0 unspecified atom stereocenters. The quantitative estimate of drug-likeness (QED) is 0.904. The number of likely N-dealkylation sites (tertiary alicyclic amines) is 1. The van der Waals surface area contributed by atoms with E-state index in [1.54, 1.807) is 27.2 Å². The van der Waals surface area contributed by atoms with Crippen LogP contribution >= 0.6 is 11.6 Å². The average Bonchev–Trinajstić information content (AvgIpc) is 2.38. The first-order valence-corrected chi connectivity index (χ1v) is 6.64. The summed E-state index contributed by atoms with van der Waals surface area (Å²) in [7, 11) is 3.10. The Morgan fingerprint density at radius 2 is 2.05 bits per heavy atom. The van der Waals surface area contributed by atoms with Crippen LogP contribution in [0.2, 0.25) is 5.02 Å². The SMILES string of the molecule is COc1ccc(CN2CC(C)(C(=O)O)C2)c(Cl)c1OC. The zero-order valence-corrected chi connectivity index (χ0v) is 12.5. The Balaban J connectivity index is 2.11. The lowest BCUT2D eigenvalue weighted by molar-refractivity contribution is -0.158. The number of carboxylic acids is 1. The van der Waals surface area contributed by atoms with Crippen LogP contribution < -0.4 is 9.47 Å². The Kier molecular flexibility index (Phi) is 4.11. The van der Waals surface area contributed by atoms with E-state index in [0.717, 1.165) is 5.56 Å². The van der Waals surface area contributed by atoms with Gasteiger partial charge in [0.05, 0.1) is 24.7 Å². The van der Waals surface area contributed by atoms with Crippen LogP contribution in [-0.2, 0) is 11.3 Å². The van der Waals surface area contributed by atoms with Crippen LogP contribution in [0.3, 0.4) is 0 Å². The third-order valence-corrected chi connectivity index (χ3v) is 4.03. The van der Waals surface area contributed by atoms with E-state index in [0.29, 0.717) is 36.2 Å². The van der Waals surface area contributed by atoms with E-state index in [1.165, 1.54) is 0 Å². The minimum absolute atomic E-state index is 0.508. The summed E-state index contributed by atoms with van der Waals surface area (Å²) in [6, 6.07) is 3.68. The van der Waals surface area contributed by atoms with Crippen LogP contribution in [-0.4, -0.2) is 43.3 Å². The minimum atomic E-state index is -0.757. The highest BCUT2D eigenvalue weighted by Crippen LogP contribution is 2.39. The lowest BCUT2D eigenvalue weighted by atomic mass is 9.82. The number of nitrogens with zero attached hydrogens (tertiary/aromatic N) is 1. The number of aliphatic carboxylic acids is 1. The highest BCUT2D eigenvalue weighted by molar-refractivity contribution is 6.33. The van der Waals surface area contributed by atoms with Gasteiger partial charge in [-0.25, -0.2) is 0 Å². The molecule has 1 aromatic carbocycles. The molecule has 0 saturated carbocycles. The second-order valence-corrected chi connectivity index (χ2v) is 5.66. The standard InChI is InChI=1S/C14H18ClNO4/c1-14(13(17)18)7-16(8-14)6-9-4-5-10(19-2)12(20-3)11(9)15/h4-5H,6-8H2,1-3H3,(H,17,18). The predicted molar refractivity (Wildman–Crippen MR) is 75.6 cm³/mol. The normalized spacial score (nSPS) is 17.4. The van der Waals surface area contributed by atoms with Gasteiger partial charge in [-0.3, -0.25) is 9.69 Å². The zero-order valence-electron chi connectivity index (χ0n) is 11.8. The number of halogens is 1. The molecule has 1 aliphatic heterocycles. The van der Waals surface area contributed by atoms with Crippen LogP contribution in [0.4, 0.5) is 0 Å². The number of carboxylic acid groups (broad SMARTS) is 1. The third kappa shape index (κ3) is 2.55. The molecule has 0 spiro atoms. The van der Waals surface area contributed by atoms with Gasteiger partial charge in [0.1, 0.15) is 0 Å². The van der Waals surface area contributed by atoms with Gasteiger partial charge in [-0.2, -0.15) is 0 Å². The Bertz CT molecular complexity index is 526. The number of hydrogen-bond acceptors (Lipinski definition) is 4. The minimum Gasteiger partial charge on any atom is -0.493 e. The molecule has 1 aliphatic rings. The molecule has 0 amide bonds. The van der Waals surface area contributed by atoms with Crippen LogP contribution in [0.25, 0.3) is 0 Å². The van der Waals surface area contributed by atoms with Gasteiger partial charge in [0.15, 0.2) is 11.5 Å². The molecule has 20 heavy (non-hydrogen) atoms. The summed E-state index contributed by atoms with van der Waals surface area (Å²) in [5.41, 5.74) is 0.250. The molecule has 1 fully saturated rings. The third-order valence-electron chi connectivity index (χ3n) is 3.62. The van der Waals surface area contributed by atoms with Gasteiger partial charge in [-0.15, -0.1) is 0 Å². The van der Waals surface area contributed by atoms with E-state index in [2.05, 4.69) is 0 Å². The molecule has 1 N–H and O–H groups in total. The number of methoxy groups -OCH3 is 2. The van der Waals surface area contributed by atoms with Crippen molar-refractivity contribution in [1.29, 1.82) is 0 Å². The molecule has 0 bridgehead atoms. The lowest BCUT2D eigenvalue weighted by Gasteiger charge is -2.45. The van der Waals surface area contributed by atoms with Gasteiger partial charge >= 0.3 is 5.97 Å². The van der Waals surface area contributed by atoms with E-state index in [9.17, 15) is 4.79 Å². The summed E-state index contributed by atoms with van der Waals surface area (Å²) >= 11 is 6.30. The van der Waals surface area contributed by atoms with Crippen molar-refractivity contribution in [3.63, 3.8) is 0 Å². The number of benzene rings is 1. The first-order chi connectivity index (χ1) is 9.41. The topological polar surface area (TPSA) is 59.0 Å². The van der Waals surface area contributed by atoms with Crippen LogP contribution in [0.5, 0.6) is 11.5 Å². The summed E-state index contributed by atoms with van der Waals surface area (Å²) in [5, 5.41) is 9.60. The summed E-state index contributed by atoms with van der Waals surface area (Å²) in [5.74, 6) is 0.334. The molecule has 0 atom stereocenters. The van der Waals surface area contributed by atoms with Crippen molar-refractivity contribution in [3.05, 3.63) is 22.7 Å². The maximum atomic E-state index is 11.1. The molecular formula is C14H18ClNO4. The Morgan fingerprint density at radius 3 is 2.55 bits per heavy atom. The lowest BCUT2D eigenvalue weighted by Crippen LogP contribution is -2.58. The highest BCUT2D eigenvalue weighted by atomic mass is 35.5. The van der Waals surface area contributed by atoms with Gasteiger partial charge in [-0.05, 0) is 18.6 Å². The van der Waals surface area contributed by atoms with Gasteiger partial charge in [0.25, 0.3) is 0 Å². The van der Waals surface area contributed by atoms with E-state index in [-0.39, 0.29) is 0 Å². The first-order valence-electron chi connectivity index (χ1n) is 6.26. The second-order valence-electron chi connectivity index (χ2n) is 5.29. The highest BCUT2D eigenvalue weighted by Gasteiger charge is 2.45. The molecule has 1 saturated heterocycles. The van der Waals surface area contributed by atoms with Crippen LogP contribution in [0.1, 0.15) is 12.5 Å². The van der Waals surface area contributed by atoms with Gasteiger partial charge < -0.3 is 14.6 Å². The molecule has 110 valence electrons. The van der Waals surface area contributed by atoms with Crippen molar-refractivity contribution in [1.82, 2.24) is 4.90 Å². The predicted octanol–water partition coefficient (Wildman–Crippen LogP) is 2.26. The maximum absolute atomic E-state index is 11.1. The Labute approximate surface area is 123 Å². The maximum Gasteiger partial charge on any atom is 0.311 e. The first kappa shape index (κ1) is 14.9. The van der Waals surface area contributed by atoms with Crippen molar-refractivity contribution in [2.75, 3.05) is 27.3 Å². The van der Waals surface area contributed by atoms with Crippen molar-refractivity contribution in [3.8, 4) is 11.5 Å². The van der Waals surface area contributed by atoms with Crippen LogP contribution in [0, 0.1) is 5.41 Å². The molecule has 0 aromatic heterocycles. The molecule has 2 rings (SSSR count). The summed E-state index contributed by atoms with van der Waals surface area (Å²) in [4.78, 5) is 13.1. The van der Waals surface area contributed by atoms with E-state index in [4.69, 9.17) is 26.2 Å². The fourth-order valence-electron chi connectivity index (χ4n) is 2.48. The summed E-state index contributed by atoms with van der Waals surface area (Å²) in [6.07, 6.45) is 0. The van der Waals surface area contributed by atoms with Crippen molar-refractivity contribution < 1.29 is 19.4 Å². The molecule has 6 heteroatoms. The molecule has 5 nitrogen and oxygen atoms in total. The molecule has 1 heterocycles. The van der Waals surface area contributed by atoms with Crippen LogP contribution in [0.15, 0.2) is 12.1 Å². The van der Waals surface area contributed by atoms with E-state index in [1.807, 2.05) is 11.0 Å². The van der Waals surface area contributed by atoms with E-state index < -0.39 is 11.4 Å². The number of ether oxygens (including phenoxy) is 2. The second kappa shape index (κ2) is 5.50. The average molecular weight is 300 g/mol.